The summed E-state index contributed by atoms with van der Waals surface area (Å²) in [4.78, 5) is 12.7. The second kappa shape index (κ2) is 11.0. The van der Waals surface area contributed by atoms with Crippen molar-refractivity contribution in [1.29, 1.82) is 0 Å². The molecule has 200 valence electrons. The number of halogens is 3. The van der Waals surface area contributed by atoms with Gasteiger partial charge in [-0.15, -0.1) is 13.2 Å². The van der Waals surface area contributed by atoms with Gasteiger partial charge in [0.2, 0.25) is 0 Å². The Hall–Kier alpha value is -3.56. The maximum absolute atomic E-state index is 12.7. The summed E-state index contributed by atoms with van der Waals surface area (Å²) in [6.07, 6.45) is -2.69. The molecule has 5 rings (SSSR count). The fourth-order valence-electron chi connectivity index (χ4n) is 4.45. The molecule has 0 radical (unpaired) electrons. The highest BCUT2D eigenvalue weighted by Crippen LogP contribution is 2.46. The van der Waals surface area contributed by atoms with E-state index in [9.17, 15) is 18.0 Å². The summed E-state index contributed by atoms with van der Waals surface area (Å²) in [5, 5.41) is 0. The third-order valence-electron chi connectivity index (χ3n) is 6.46. The molecule has 0 spiro atoms. The number of esters is 1. The van der Waals surface area contributed by atoms with Crippen LogP contribution in [-0.2, 0) is 9.47 Å². The van der Waals surface area contributed by atoms with Crippen molar-refractivity contribution in [2.45, 2.75) is 38.1 Å². The maximum atomic E-state index is 12.7. The number of alkyl halides is 3. The van der Waals surface area contributed by atoms with Crippen molar-refractivity contribution in [1.82, 2.24) is 0 Å². The second-order valence-electron chi connectivity index (χ2n) is 9.27. The molecule has 38 heavy (non-hydrogen) atoms. The summed E-state index contributed by atoms with van der Waals surface area (Å²) in [5.41, 5.74) is 4.61. The zero-order chi connectivity index (χ0) is 26.7. The van der Waals surface area contributed by atoms with Gasteiger partial charge in [0, 0.05) is 12.5 Å². The Bertz CT molecular complexity index is 1280. The van der Waals surface area contributed by atoms with E-state index in [1.807, 2.05) is 24.3 Å². The van der Waals surface area contributed by atoms with Crippen molar-refractivity contribution in [3.8, 4) is 28.4 Å². The lowest BCUT2D eigenvalue weighted by Gasteiger charge is -2.11. The van der Waals surface area contributed by atoms with Crippen molar-refractivity contribution < 1.29 is 41.7 Å². The summed E-state index contributed by atoms with van der Waals surface area (Å²) in [6, 6.07) is 16.1. The van der Waals surface area contributed by atoms with Crippen LogP contribution >= 0.6 is 0 Å². The Kier molecular flexibility index (Phi) is 7.58. The summed E-state index contributed by atoms with van der Waals surface area (Å²) in [5.74, 6) is -0.0237. The van der Waals surface area contributed by atoms with E-state index in [1.54, 1.807) is 12.1 Å². The Morgan fingerprint density at radius 2 is 1.53 bits per heavy atom. The van der Waals surface area contributed by atoms with Crippen LogP contribution in [0, 0.1) is 0 Å². The molecule has 1 aliphatic carbocycles. The molecule has 0 saturated carbocycles. The molecule has 0 N–H and O–H groups in total. The van der Waals surface area contributed by atoms with Gasteiger partial charge >= 0.3 is 12.3 Å². The van der Waals surface area contributed by atoms with Crippen molar-refractivity contribution in [3.63, 3.8) is 0 Å². The molecular formula is C29H27F3O6. The van der Waals surface area contributed by atoms with Crippen molar-refractivity contribution >= 4 is 5.97 Å². The molecule has 0 aromatic heterocycles. The summed E-state index contributed by atoms with van der Waals surface area (Å²) in [6.45, 7) is 4.84. The average molecular weight is 529 g/mol. The number of hydrogen-bond acceptors (Lipinski definition) is 6. The van der Waals surface area contributed by atoms with E-state index in [2.05, 4.69) is 11.7 Å². The number of carbonyl (C=O) groups excluding carboxylic acids is 1. The molecule has 2 unspecified atom stereocenters. The van der Waals surface area contributed by atoms with Crippen LogP contribution in [0.2, 0.25) is 0 Å². The molecule has 1 heterocycles. The Balaban J connectivity index is 1.17. The molecule has 9 heteroatoms. The number of carbonyl (C=O) groups is 1. The van der Waals surface area contributed by atoms with Gasteiger partial charge in [-0.25, -0.2) is 4.79 Å². The van der Waals surface area contributed by atoms with Crippen LogP contribution < -0.4 is 14.2 Å². The van der Waals surface area contributed by atoms with E-state index in [1.165, 1.54) is 12.1 Å². The zero-order valence-electron chi connectivity index (χ0n) is 20.8. The maximum Gasteiger partial charge on any atom is 0.573 e. The monoisotopic (exact) mass is 528 g/mol. The average Bonchev–Trinajstić information content (AvgIpc) is 3.67. The number of benzene rings is 3. The number of epoxide rings is 1. The van der Waals surface area contributed by atoms with Crippen LogP contribution in [0.4, 0.5) is 13.2 Å². The third-order valence-corrected chi connectivity index (χ3v) is 6.46. The lowest BCUT2D eigenvalue weighted by atomic mass is 9.98. The predicted octanol–water partition coefficient (Wildman–Crippen LogP) is 6.51. The highest BCUT2D eigenvalue weighted by Gasteiger charge is 2.31. The van der Waals surface area contributed by atoms with Gasteiger partial charge in [-0.1, -0.05) is 19.1 Å². The molecular weight excluding hydrogens is 501 g/mol. The van der Waals surface area contributed by atoms with Gasteiger partial charge in [-0.2, -0.15) is 0 Å². The fraction of sp³-hybridized carbons (Fsp3) is 0.345. The highest BCUT2D eigenvalue weighted by atomic mass is 19.4. The molecule has 3 aromatic carbocycles. The Morgan fingerprint density at radius 1 is 0.895 bits per heavy atom. The number of fused-ring (bicyclic) bond motifs is 3. The standard InChI is InChI=1S/C29H27F3O6/c1-18-26-14-19(28(33)37-20-5-7-21(8-6-20)38-29(30,31)32)4-10-24(26)25-11-9-22(15-27(18)25)35-13-3-2-12-34-16-23-17-36-23/h4-11,14-15,18,23H,2-3,12-13,16-17H2,1H3. The lowest BCUT2D eigenvalue weighted by molar-refractivity contribution is -0.274. The number of rotatable bonds is 11. The summed E-state index contributed by atoms with van der Waals surface area (Å²) in [7, 11) is 0. The van der Waals surface area contributed by atoms with Crippen LogP contribution in [0.1, 0.15) is 47.2 Å². The first-order chi connectivity index (χ1) is 18.3. The molecule has 0 bridgehead atoms. The van der Waals surface area contributed by atoms with Crippen LogP contribution in [0.5, 0.6) is 17.2 Å². The van der Waals surface area contributed by atoms with Crippen LogP contribution in [0.3, 0.4) is 0 Å². The van der Waals surface area contributed by atoms with Crippen LogP contribution in [0.15, 0.2) is 60.7 Å². The van der Waals surface area contributed by atoms with E-state index >= 15 is 0 Å². The fourth-order valence-corrected chi connectivity index (χ4v) is 4.45. The van der Waals surface area contributed by atoms with Gasteiger partial charge in [-0.3, -0.25) is 0 Å². The Labute approximate surface area is 218 Å². The topological polar surface area (TPSA) is 66.5 Å². The smallest absolute Gasteiger partial charge is 0.494 e. The largest absolute Gasteiger partial charge is 0.573 e. The van der Waals surface area contributed by atoms with Crippen molar-refractivity contribution in [3.05, 3.63) is 77.4 Å². The molecule has 1 aliphatic heterocycles. The van der Waals surface area contributed by atoms with Crippen molar-refractivity contribution in [2.24, 2.45) is 0 Å². The van der Waals surface area contributed by atoms with E-state index in [0.717, 1.165) is 59.6 Å². The van der Waals surface area contributed by atoms with E-state index in [0.29, 0.717) is 25.4 Å². The number of unbranched alkanes of at least 4 members (excludes halogenated alkanes) is 1. The first kappa shape index (κ1) is 26.1. The van der Waals surface area contributed by atoms with Gasteiger partial charge in [0.15, 0.2) is 0 Å². The van der Waals surface area contributed by atoms with Crippen molar-refractivity contribution in [2.75, 3.05) is 26.4 Å². The molecule has 2 atom stereocenters. The van der Waals surface area contributed by atoms with Gasteiger partial charge in [0.05, 0.1) is 25.4 Å². The van der Waals surface area contributed by atoms with Gasteiger partial charge in [0.1, 0.15) is 23.4 Å². The minimum Gasteiger partial charge on any atom is -0.494 e. The molecule has 1 saturated heterocycles. The minimum absolute atomic E-state index is 0.0492. The SMILES string of the molecule is CC1c2cc(OCCCCOCC3CO3)ccc2-c2ccc(C(=O)Oc3ccc(OC(F)(F)F)cc3)cc21. The highest BCUT2D eigenvalue weighted by molar-refractivity contribution is 5.93. The predicted molar refractivity (Wildman–Crippen MR) is 133 cm³/mol. The minimum atomic E-state index is -4.79. The lowest BCUT2D eigenvalue weighted by Crippen LogP contribution is -2.17. The summed E-state index contributed by atoms with van der Waals surface area (Å²) < 4.78 is 62.8. The quantitative estimate of drug-likeness (QED) is 0.122. The van der Waals surface area contributed by atoms with Crippen LogP contribution in [-0.4, -0.2) is 44.9 Å². The van der Waals surface area contributed by atoms with Crippen LogP contribution in [0.25, 0.3) is 11.1 Å². The van der Waals surface area contributed by atoms with Gasteiger partial charge in [0.25, 0.3) is 0 Å². The number of ether oxygens (including phenoxy) is 5. The molecule has 6 nitrogen and oxygen atoms in total. The Morgan fingerprint density at radius 3 is 2.24 bits per heavy atom. The van der Waals surface area contributed by atoms with E-state index in [4.69, 9.17) is 18.9 Å². The number of hydrogen-bond donors (Lipinski definition) is 0. The third kappa shape index (κ3) is 6.46. The first-order valence-corrected chi connectivity index (χ1v) is 12.5. The molecule has 2 aliphatic rings. The zero-order valence-corrected chi connectivity index (χ0v) is 20.8. The molecule has 0 amide bonds. The van der Waals surface area contributed by atoms with Gasteiger partial charge < -0.3 is 23.7 Å². The normalized spacial score (nSPS) is 17.5. The first-order valence-electron chi connectivity index (χ1n) is 12.5. The van der Waals surface area contributed by atoms with Gasteiger partial charge in [-0.05, 0) is 83.6 Å². The van der Waals surface area contributed by atoms with E-state index < -0.39 is 18.1 Å². The molecule has 1 fully saturated rings. The second-order valence-corrected chi connectivity index (χ2v) is 9.27. The molecule has 3 aromatic rings. The van der Waals surface area contributed by atoms with E-state index in [-0.39, 0.29) is 17.8 Å². The summed E-state index contributed by atoms with van der Waals surface area (Å²) >= 11 is 0.